The summed E-state index contributed by atoms with van der Waals surface area (Å²) in [7, 11) is 0. The number of ether oxygens (including phenoxy) is 1. The van der Waals surface area contributed by atoms with Crippen molar-refractivity contribution in [3.05, 3.63) is 0 Å². The molecule has 0 heterocycles. The Morgan fingerprint density at radius 3 is 2.80 bits per heavy atom. The van der Waals surface area contributed by atoms with Gasteiger partial charge in [-0.3, -0.25) is 0 Å². The average molecular weight is 212 g/mol. The molecule has 4 nitrogen and oxygen atoms in total. The van der Waals surface area contributed by atoms with E-state index in [-0.39, 0.29) is 6.61 Å². The van der Waals surface area contributed by atoms with Crippen LogP contribution in [-0.2, 0) is 4.74 Å². The highest BCUT2D eigenvalue weighted by molar-refractivity contribution is 5.00. The second kappa shape index (κ2) is 6.78. The fourth-order valence-corrected chi connectivity index (χ4v) is 1.58. The molecule has 0 unspecified atom stereocenters. The predicted molar refractivity (Wildman–Crippen MR) is 57.3 cm³/mol. The van der Waals surface area contributed by atoms with Crippen LogP contribution in [0.2, 0.25) is 0 Å². The number of aliphatic hydroxyl groups excluding tert-OH is 1. The molecule has 0 amide bonds. The predicted octanol–water partition coefficient (Wildman–Crippen LogP) is 0.669. The van der Waals surface area contributed by atoms with Gasteiger partial charge in [0.05, 0.1) is 19.3 Å². The maximum atomic E-state index is 8.62. The maximum absolute atomic E-state index is 8.62. The van der Waals surface area contributed by atoms with E-state index in [1.807, 2.05) is 0 Å². The Labute approximate surface area is 91.2 Å². The minimum atomic E-state index is 0.0959. The minimum absolute atomic E-state index is 0.0959. The van der Waals surface area contributed by atoms with Gasteiger partial charge in [0, 0.05) is 19.6 Å². The fraction of sp³-hybridized carbons (Fsp3) is 0.909. The lowest BCUT2D eigenvalue weighted by molar-refractivity contribution is 0.0906. The Bertz CT molecular complexity index is 209. The molecule has 86 valence electrons. The van der Waals surface area contributed by atoms with Crippen LogP contribution in [0.25, 0.3) is 0 Å². The summed E-state index contributed by atoms with van der Waals surface area (Å²) in [6.45, 7) is 3.11. The third-order valence-electron chi connectivity index (χ3n) is 2.79. The second-order valence-electron chi connectivity index (χ2n) is 4.20. The number of hydrogen-bond donors (Lipinski definition) is 2. The van der Waals surface area contributed by atoms with Gasteiger partial charge in [0.25, 0.3) is 0 Å². The number of aliphatic hydroxyl groups is 1. The summed E-state index contributed by atoms with van der Waals surface area (Å²) >= 11 is 0. The number of rotatable bonds is 9. The number of hydrogen-bond acceptors (Lipinski definition) is 4. The Hall–Kier alpha value is -0.630. The molecule has 0 saturated heterocycles. The van der Waals surface area contributed by atoms with Crippen molar-refractivity contribution in [1.82, 2.24) is 5.32 Å². The number of nitrogens with one attached hydrogen (secondary N) is 1. The molecular weight excluding hydrogens is 192 g/mol. The first-order valence-corrected chi connectivity index (χ1v) is 5.59. The highest BCUT2D eigenvalue weighted by atomic mass is 16.5. The SMILES string of the molecule is N#CCC1(CNCCCOCCO)CC1. The van der Waals surface area contributed by atoms with Crippen molar-refractivity contribution < 1.29 is 9.84 Å². The van der Waals surface area contributed by atoms with Gasteiger partial charge in [0.1, 0.15) is 0 Å². The largest absolute Gasteiger partial charge is 0.394 e. The standard InChI is InChI=1S/C11H20N2O2/c12-5-4-11(2-3-11)10-13-6-1-8-15-9-7-14/h13-14H,1-4,6-10H2. The molecule has 0 spiro atoms. The summed E-state index contributed by atoms with van der Waals surface area (Å²) < 4.78 is 5.14. The third-order valence-corrected chi connectivity index (χ3v) is 2.79. The lowest BCUT2D eigenvalue weighted by atomic mass is 10.0. The van der Waals surface area contributed by atoms with Crippen molar-refractivity contribution in [3.8, 4) is 6.07 Å². The highest BCUT2D eigenvalue weighted by Gasteiger charge is 2.41. The molecule has 1 aliphatic carbocycles. The van der Waals surface area contributed by atoms with E-state index in [2.05, 4.69) is 11.4 Å². The summed E-state index contributed by atoms with van der Waals surface area (Å²) in [5.74, 6) is 0. The van der Waals surface area contributed by atoms with Gasteiger partial charge in [0.15, 0.2) is 0 Å². The smallest absolute Gasteiger partial charge is 0.0697 e. The summed E-state index contributed by atoms with van der Waals surface area (Å²) in [6.07, 6.45) is 4.02. The minimum Gasteiger partial charge on any atom is -0.394 e. The topological polar surface area (TPSA) is 65.3 Å². The monoisotopic (exact) mass is 212 g/mol. The van der Waals surface area contributed by atoms with Crippen molar-refractivity contribution in [2.24, 2.45) is 5.41 Å². The van der Waals surface area contributed by atoms with Crippen LogP contribution in [0.4, 0.5) is 0 Å². The molecule has 0 aromatic heterocycles. The van der Waals surface area contributed by atoms with Gasteiger partial charge in [-0.2, -0.15) is 5.26 Å². The van der Waals surface area contributed by atoms with E-state index in [4.69, 9.17) is 15.1 Å². The van der Waals surface area contributed by atoms with Crippen LogP contribution in [-0.4, -0.2) is 38.0 Å². The zero-order chi connectivity index (χ0) is 11.0. The van der Waals surface area contributed by atoms with Crippen molar-refractivity contribution >= 4 is 0 Å². The van der Waals surface area contributed by atoms with Crippen LogP contribution in [0.5, 0.6) is 0 Å². The quantitative estimate of drug-likeness (QED) is 0.551. The van der Waals surface area contributed by atoms with E-state index in [1.54, 1.807) is 0 Å². The Morgan fingerprint density at radius 1 is 1.40 bits per heavy atom. The zero-order valence-corrected chi connectivity index (χ0v) is 9.17. The van der Waals surface area contributed by atoms with Crippen LogP contribution in [0.3, 0.4) is 0 Å². The van der Waals surface area contributed by atoms with Crippen molar-refractivity contribution in [2.75, 3.05) is 32.9 Å². The molecule has 1 aliphatic rings. The van der Waals surface area contributed by atoms with Crippen LogP contribution in [0.1, 0.15) is 25.7 Å². The molecule has 2 N–H and O–H groups in total. The Balaban J connectivity index is 1.87. The summed E-state index contributed by atoms with van der Waals surface area (Å²) in [4.78, 5) is 0. The molecule has 1 fully saturated rings. The van der Waals surface area contributed by atoms with Crippen molar-refractivity contribution in [3.63, 3.8) is 0 Å². The fourth-order valence-electron chi connectivity index (χ4n) is 1.58. The van der Waals surface area contributed by atoms with Crippen LogP contribution >= 0.6 is 0 Å². The van der Waals surface area contributed by atoms with E-state index >= 15 is 0 Å². The first kappa shape index (κ1) is 12.4. The van der Waals surface area contributed by atoms with Gasteiger partial charge in [0.2, 0.25) is 0 Å². The van der Waals surface area contributed by atoms with Gasteiger partial charge in [-0.1, -0.05) is 0 Å². The van der Waals surface area contributed by atoms with Gasteiger partial charge in [-0.25, -0.2) is 0 Å². The van der Waals surface area contributed by atoms with Crippen molar-refractivity contribution in [1.29, 1.82) is 5.26 Å². The molecule has 4 heteroatoms. The lowest BCUT2D eigenvalue weighted by Crippen LogP contribution is -2.25. The molecule has 0 bridgehead atoms. The van der Waals surface area contributed by atoms with E-state index < -0.39 is 0 Å². The molecule has 0 aromatic rings. The first-order chi connectivity index (χ1) is 7.33. The van der Waals surface area contributed by atoms with Crippen molar-refractivity contribution in [2.45, 2.75) is 25.7 Å². The van der Waals surface area contributed by atoms with Crippen LogP contribution in [0.15, 0.2) is 0 Å². The molecule has 0 atom stereocenters. The Kier molecular flexibility index (Phi) is 5.62. The van der Waals surface area contributed by atoms with E-state index in [0.717, 1.165) is 19.5 Å². The maximum Gasteiger partial charge on any atom is 0.0697 e. The summed E-state index contributed by atoms with van der Waals surface area (Å²) in [5, 5.41) is 20.4. The molecule has 0 aromatic carbocycles. The zero-order valence-electron chi connectivity index (χ0n) is 9.17. The third kappa shape index (κ3) is 5.12. The van der Waals surface area contributed by atoms with Gasteiger partial charge in [-0.15, -0.1) is 0 Å². The van der Waals surface area contributed by atoms with Crippen LogP contribution in [0, 0.1) is 16.7 Å². The summed E-state index contributed by atoms with van der Waals surface area (Å²) in [6, 6.07) is 2.25. The molecule has 0 aliphatic heterocycles. The lowest BCUT2D eigenvalue weighted by Gasteiger charge is -2.11. The second-order valence-corrected chi connectivity index (χ2v) is 4.20. The summed E-state index contributed by atoms with van der Waals surface area (Å²) in [5.41, 5.74) is 0.292. The molecule has 1 rings (SSSR count). The Morgan fingerprint density at radius 2 is 2.20 bits per heavy atom. The van der Waals surface area contributed by atoms with Gasteiger partial charge >= 0.3 is 0 Å². The van der Waals surface area contributed by atoms with E-state index in [1.165, 1.54) is 12.8 Å². The molecule has 1 saturated carbocycles. The van der Waals surface area contributed by atoms with Crippen LogP contribution < -0.4 is 5.32 Å². The highest BCUT2D eigenvalue weighted by Crippen LogP contribution is 2.47. The number of nitriles is 1. The van der Waals surface area contributed by atoms with Gasteiger partial charge < -0.3 is 15.2 Å². The normalized spacial score (nSPS) is 17.3. The molecular formula is C11H20N2O2. The molecule has 0 radical (unpaired) electrons. The first-order valence-electron chi connectivity index (χ1n) is 5.59. The molecule has 15 heavy (non-hydrogen) atoms. The average Bonchev–Trinajstić information content (AvgIpc) is 2.98. The van der Waals surface area contributed by atoms with E-state index in [0.29, 0.717) is 25.0 Å². The van der Waals surface area contributed by atoms with E-state index in [9.17, 15) is 0 Å². The number of nitrogens with zero attached hydrogens (tertiary/aromatic N) is 1. The van der Waals surface area contributed by atoms with Gasteiger partial charge in [-0.05, 0) is 31.2 Å².